The van der Waals surface area contributed by atoms with Crippen molar-refractivity contribution in [3.63, 3.8) is 0 Å². The zero-order valence-electron chi connectivity index (χ0n) is 19.2. The first-order valence-corrected chi connectivity index (χ1v) is 11.3. The zero-order valence-corrected chi connectivity index (χ0v) is 19.2. The quantitative estimate of drug-likeness (QED) is 0.415. The van der Waals surface area contributed by atoms with E-state index in [9.17, 15) is 29.1 Å². The third-order valence-corrected chi connectivity index (χ3v) is 6.41. The van der Waals surface area contributed by atoms with Gasteiger partial charge in [-0.2, -0.15) is 0 Å². The molecule has 0 unspecified atom stereocenters. The molecule has 0 radical (unpaired) electrons. The van der Waals surface area contributed by atoms with Crippen LogP contribution in [0.1, 0.15) is 31.2 Å². The molecule has 1 saturated carbocycles. The maximum atomic E-state index is 13.5. The summed E-state index contributed by atoms with van der Waals surface area (Å²) in [5, 5.41) is 14.5. The number of amides is 4. The van der Waals surface area contributed by atoms with E-state index in [1.54, 1.807) is 0 Å². The molecule has 1 aliphatic heterocycles. The summed E-state index contributed by atoms with van der Waals surface area (Å²) in [5.41, 5.74) is -0.161. The van der Waals surface area contributed by atoms with E-state index in [-0.39, 0.29) is 50.1 Å². The van der Waals surface area contributed by atoms with Crippen LogP contribution >= 0.6 is 0 Å². The number of nitrogens with zero attached hydrogens (tertiary/aromatic N) is 2. The molecule has 0 aromatic heterocycles. The van der Waals surface area contributed by atoms with Gasteiger partial charge in [-0.15, -0.1) is 0 Å². The highest BCUT2D eigenvalue weighted by molar-refractivity contribution is 6.00. The van der Waals surface area contributed by atoms with Crippen LogP contribution in [0.3, 0.4) is 0 Å². The molecular formula is C24H30N4O6. The van der Waals surface area contributed by atoms with Crippen LogP contribution in [-0.4, -0.2) is 82.3 Å². The lowest BCUT2D eigenvalue weighted by Crippen LogP contribution is -2.65. The van der Waals surface area contributed by atoms with Crippen LogP contribution < -0.4 is 10.6 Å². The van der Waals surface area contributed by atoms with Gasteiger partial charge in [0.25, 0.3) is 0 Å². The second kappa shape index (κ2) is 10.5. The summed E-state index contributed by atoms with van der Waals surface area (Å²) in [6.07, 6.45) is 2.23. The van der Waals surface area contributed by atoms with E-state index < -0.39 is 29.5 Å². The fraction of sp³-hybridized carbons (Fsp3) is 0.458. The average Bonchev–Trinajstić information content (AvgIpc) is 3.63. The Balaban J connectivity index is 1.84. The number of carboxylic acids is 1. The molecule has 10 heteroatoms. The minimum atomic E-state index is -1.28. The van der Waals surface area contributed by atoms with Crippen LogP contribution in [0.15, 0.2) is 43.0 Å². The number of hydrogen-bond acceptors (Lipinski definition) is 5. The summed E-state index contributed by atoms with van der Waals surface area (Å²) in [6, 6.07) is 6.89. The summed E-state index contributed by atoms with van der Waals surface area (Å²) in [5.74, 6) is -2.85. The van der Waals surface area contributed by atoms with Crippen LogP contribution in [0.25, 0.3) is 0 Å². The van der Waals surface area contributed by atoms with Crippen molar-refractivity contribution >= 4 is 29.6 Å². The molecule has 2 fully saturated rings. The van der Waals surface area contributed by atoms with Crippen molar-refractivity contribution in [3.8, 4) is 0 Å². The second-order valence-electron chi connectivity index (χ2n) is 8.54. The Bertz CT molecular complexity index is 975. The minimum Gasteiger partial charge on any atom is -0.480 e. The van der Waals surface area contributed by atoms with Gasteiger partial charge in [0.15, 0.2) is 0 Å². The smallest absolute Gasteiger partial charge is 0.326 e. The van der Waals surface area contributed by atoms with Gasteiger partial charge in [-0.3, -0.25) is 19.2 Å². The number of rotatable bonds is 10. The van der Waals surface area contributed by atoms with Gasteiger partial charge in [0.05, 0.1) is 0 Å². The highest BCUT2D eigenvalue weighted by atomic mass is 16.4. The summed E-state index contributed by atoms with van der Waals surface area (Å²) in [6.45, 7) is 3.91. The highest BCUT2D eigenvalue weighted by Gasteiger charge is 2.60. The van der Waals surface area contributed by atoms with Crippen LogP contribution in [0.4, 0.5) is 0 Å². The molecule has 1 aliphatic carbocycles. The Morgan fingerprint density at radius 3 is 2.41 bits per heavy atom. The number of benzene rings is 1. The molecule has 1 spiro atoms. The van der Waals surface area contributed by atoms with Gasteiger partial charge in [0.1, 0.15) is 17.6 Å². The van der Waals surface area contributed by atoms with Gasteiger partial charge < -0.3 is 25.5 Å². The van der Waals surface area contributed by atoms with Crippen LogP contribution in [-0.2, 0) is 30.4 Å². The van der Waals surface area contributed by atoms with Gasteiger partial charge in [0, 0.05) is 33.0 Å². The van der Waals surface area contributed by atoms with Crippen molar-refractivity contribution in [1.82, 2.24) is 20.4 Å². The third kappa shape index (κ3) is 5.27. The van der Waals surface area contributed by atoms with Gasteiger partial charge in [0.2, 0.25) is 23.6 Å². The Morgan fingerprint density at radius 2 is 1.85 bits per heavy atom. The van der Waals surface area contributed by atoms with E-state index in [1.165, 1.54) is 22.9 Å². The van der Waals surface area contributed by atoms with E-state index in [1.807, 2.05) is 30.3 Å². The average molecular weight is 471 g/mol. The lowest BCUT2D eigenvalue weighted by molar-refractivity contribution is -0.156. The van der Waals surface area contributed by atoms with Crippen molar-refractivity contribution in [1.29, 1.82) is 0 Å². The number of hydrogen-bond donors (Lipinski definition) is 3. The van der Waals surface area contributed by atoms with Gasteiger partial charge in [-0.25, -0.2) is 4.79 Å². The third-order valence-electron chi connectivity index (χ3n) is 6.41. The molecule has 3 rings (SSSR count). The van der Waals surface area contributed by atoms with E-state index >= 15 is 0 Å². The second-order valence-corrected chi connectivity index (χ2v) is 8.54. The molecule has 10 nitrogen and oxygen atoms in total. The number of carbonyl (C=O) groups is 5. The summed E-state index contributed by atoms with van der Waals surface area (Å²) >= 11 is 0. The summed E-state index contributed by atoms with van der Waals surface area (Å²) in [7, 11) is 1.45. The predicted octanol–water partition coefficient (Wildman–Crippen LogP) is 0.0827. The largest absolute Gasteiger partial charge is 0.480 e. The Labute approximate surface area is 198 Å². The highest BCUT2D eigenvalue weighted by Crippen LogP contribution is 2.46. The van der Waals surface area contributed by atoms with Gasteiger partial charge >= 0.3 is 5.97 Å². The standard InChI is InChI=1S/C24H30N4O6/c1-3-20(30)28-14-13-27(23(34)24(28)11-12-24)18(15-16-7-5-4-6-8-16)21(31)26-17(22(32)33)9-10-19(29)25-2/h3-8,17-18H,1,9-15H2,2H3,(H,25,29)(H,26,31)(H,32,33)/t17-,18-/m0/s1. The summed E-state index contributed by atoms with van der Waals surface area (Å²) in [4.78, 5) is 65.4. The number of carbonyl (C=O) groups excluding carboxylic acids is 4. The van der Waals surface area contributed by atoms with Gasteiger partial charge in [-0.1, -0.05) is 36.9 Å². The predicted molar refractivity (Wildman–Crippen MR) is 122 cm³/mol. The molecule has 3 N–H and O–H groups in total. The van der Waals surface area contributed by atoms with Crippen LogP contribution in [0, 0.1) is 0 Å². The normalized spacial score (nSPS) is 18.1. The fourth-order valence-corrected chi connectivity index (χ4v) is 4.34. The number of nitrogens with one attached hydrogen (secondary N) is 2. The molecular weight excluding hydrogens is 440 g/mol. The lowest BCUT2D eigenvalue weighted by atomic mass is 9.99. The first-order chi connectivity index (χ1) is 16.2. The maximum Gasteiger partial charge on any atom is 0.326 e. The maximum absolute atomic E-state index is 13.5. The SMILES string of the molecule is C=CC(=O)N1CCN([C@@H](Cc2ccccc2)C(=O)N[C@@H](CCC(=O)NC)C(=O)O)C(=O)C12CC2. The van der Waals surface area contributed by atoms with Crippen LogP contribution in [0.2, 0.25) is 0 Å². The molecule has 2 aliphatic rings. The monoisotopic (exact) mass is 470 g/mol. The zero-order chi connectivity index (χ0) is 24.9. The van der Waals surface area contributed by atoms with E-state index in [4.69, 9.17) is 0 Å². The number of piperazine rings is 1. The molecule has 1 heterocycles. The van der Waals surface area contributed by atoms with E-state index in [0.29, 0.717) is 12.8 Å². The molecule has 2 atom stereocenters. The molecule has 34 heavy (non-hydrogen) atoms. The van der Waals surface area contributed by atoms with Crippen molar-refractivity contribution < 1.29 is 29.1 Å². The first kappa shape index (κ1) is 24.9. The van der Waals surface area contributed by atoms with E-state index in [2.05, 4.69) is 17.2 Å². The Morgan fingerprint density at radius 1 is 1.18 bits per heavy atom. The molecule has 1 aromatic rings. The molecule has 1 aromatic carbocycles. The Hall–Kier alpha value is -3.69. The molecule has 4 amide bonds. The van der Waals surface area contributed by atoms with Crippen LogP contribution in [0.5, 0.6) is 0 Å². The first-order valence-electron chi connectivity index (χ1n) is 11.3. The fourth-order valence-electron chi connectivity index (χ4n) is 4.34. The van der Waals surface area contributed by atoms with Crippen molar-refractivity contribution in [3.05, 3.63) is 48.6 Å². The number of aliphatic carboxylic acids is 1. The molecule has 182 valence electrons. The van der Waals surface area contributed by atoms with E-state index in [0.717, 1.165) is 5.56 Å². The van der Waals surface area contributed by atoms with Crippen molar-refractivity contribution in [2.24, 2.45) is 0 Å². The van der Waals surface area contributed by atoms with Gasteiger partial charge in [-0.05, 0) is 30.9 Å². The van der Waals surface area contributed by atoms with Crippen molar-refractivity contribution in [2.45, 2.75) is 49.7 Å². The number of carboxylic acid groups (broad SMARTS) is 1. The summed E-state index contributed by atoms with van der Waals surface area (Å²) < 4.78 is 0. The molecule has 0 bridgehead atoms. The Kier molecular flexibility index (Phi) is 7.70. The minimum absolute atomic E-state index is 0.0680. The molecule has 1 saturated heterocycles. The topological polar surface area (TPSA) is 136 Å². The lowest BCUT2D eigenvalue weighted by Gasteiger charge is -2.43. The van der Waals surface area contributed by atoms with Crippen molar-refractivity contribution in [2.75, 3.05) is 20.1 Å².